The van der Waals surface area contributed by atoms with Crippen molar-refractivity contribution in [1.82, 2.24) is 19.1 Å². The summed E-state index contributed by atoms with van der Waals surface area (Å²) in [6, 6.07) is 14.5. The monoisotopic (exact) mass is 742 g/mol. The summed E-state index contributed by atoms with van der Waals surface area (Å²) in [4.78, 5) is 8.69. The number of imidazole rings is 2. The van der Waals surface area contributed by atoms with Gasteiger partial charge in [0.25, 0.3) is 0 Å². The first-order valence-corrected chi connectivity index (χ1v) is 18.6. The van der Waals surface area contributed by atoms with Crippen molar-refractivity contribution in [3.05, 3.63) is 117 Å². The third kappa shape index (κ3) is 4.93. The van der Waals surface area contributed by atoms with Gasteiger partial charge in [-0.3, -0.25) is 0 Å². The fourth-order valence-electron chi connectivity index (χ4n) is 8.96. The van der Waals surface area contributed by atoms with Crippen LogP contribution in [0.1, 0.15) is 64.9 Å². The molecule has 55 heavy (non-hydrogen) atoms. The van der Waals surface area contributed by atoms with Crippen molar-refractivity contribution in [3.8, 4) is 57.4 Å². The van der Waals surface area contributed by atoms with E-state index in [1.807, 2.05) is 70.2 Å². The van der Waals surface area contributed by atoms with Crippen LogP contribution in [0.15, 0.2) is 60.4 Å². The van der Waals surface area contributed by atoms with Crippen LogP contribution >= 0.6 is 0 Å². The van der Waals surface area contributed by atoms with E-state index in [4.69, 9.17) is 18.9 Å². The molecule has 0 amide bonds. The van der Waals surface area contributed by atoms with Crippen molar-refractivity contribution in [2.24, 2.45) is 0 Å². The van der Waals surface area contributed by atoms with Gasteiger partial charge in [-0.2, -0.15) is 27.9 Å². The topological polar surface area (TPSA) is 80.3 Å². The largest absolute Gasteiger partial charge is 0.465 e. The predicted molar refractivity (Wildman–Crippen MR) is 198 cm³/mol. The molecule has 10 rings (SSSR count). The van der Waals surface area contributed by atoms with Crippen LogP contribution in [0.3, 0.4) is 0 Å². The van der Waals surface area contributed by atoms with E-state index in [1.165, 1.54) is 12.1 Å². The highest BCUT2D eigenvalue weighted by Crippen LogP contribution is 2.50. The zero-order valence-corrected chi connectivity index (χ0v) is 31.9. The lowest BCUT2D eigenvalue weighted by atomic mass is 9.95. The molecule has 0 N–H and O–H groups in total. The normalized spacial score (nSPS) is 18.4. The molecule has 0 saturated carbocycles. The summed E-state index contributed by atoms with van der Waals surface area (Å²) in [5, 5.41) is 0. The Balaban J connectivity index is 1.21. The molecule has 4 aliphatic rings. The van der Waals surface area contributed by atoms with Crippen molar-refractivity contribution < 1.29 is 36.9 Å². The van der Waals surface area contributed by atoms with Gasteiger partial charge in [-0.25, -0.2) is 9.13 Å². The maximum absolute atomic E-state index is 16.0. The Morgan fingerprint density at radius 1 is 0.727 bits per heavy atom. The maximum atomic E-state index is 16.0. The van der Waals surface area contributed by atoms with Gasteiger partial charge in [0, 0.05) is 45.7 Å². The number of hydrogen-bond donors (Lipinski definition) is 0. The zero-order valence-electron chi connectivity index (χ0n) is 31.9. The number of aromatic nitrogens is 6. The number of halogens is 2. The Kier molecular flexibility index (Phi) is 7.23. The molecule has 0 bridgehead atoms. The fraction of sp³-hybridized carbons (Fsp3) is 0.302. The fourth-order valence-corrected chi connectivity index (χ4v) is 8.96. The molecule has 2 aromatic carbocycles. The SMILES string of the molecule is CC1=CC(C)OC(C[n+]2c(C)c(C)n3c2-c2c(CC4c5cc(F)nc6c5-c5n(c(C)c(C)[n+]54)-c4ccc(C)cc4O6)cc(F)nc2Oc2cc(C)ccc2-3)O1. The molecule has 4 aromatic heterocycles. The first kappa shape index (κ1) is 33.7. The van der Waals surface area contributed by atoms with Gasteiger partial charge < -0.3 is 18.9 Å². The van der Waals surface area contributed by atoms with Crippen LogP contribution in [0.5, 0.6) is 23.3 Å². The van der Waals surface area contributed by atoms with Gasteiger partial charge >= 0.3 is 11.6 Å². The van der Waals surface area contributed by atoms with E-state index in [9.17, 15) is 0 Å². The summed E-state index contributed by atoms with van der Waals surface area (Å²) in [5.41, 5.74) is 10.3. The van der Waals surface area contributed by atoms with Gasteiger partial charge in [0.15, 0.2) is 29.4 Å². The first-order chi connectivity index (χ1) is 26.4. The number of benzene rings is 2. The second kappa shape index (κ2) is 11.8. The lowest BCUT2D eigenvalue weighted by Crippen LogP contribution is -2.46. The molecule has 0 saturated heterocycles. The van der Waals surface area contributed by atoms with Crippen LogP contribution in [0, 0.1) is 53.4 Å². The minimum absolute atomic E-state index is 0.133. The predicted octanol–water partition coefficient (Wildman–Crippen LogP) is 8.12. The molecule has 0 aliphatic carbocycles. The van der Waals surface area contributed by atoms with E-state index in [0.29, 0.717) is 40.3 Å². The smallest absolute Gasteiger partial charge is 0.301 e. The molecule has 4 aliphatic heterocycles. The number of fused-ring (bicyclic) bond motifs is 7. The molecule has 12 heteroatoms. The number of ether oxygens (including phenoxy) is 4. The van der Waals surface area contributed by atoms with E-state index in [-0.39, 0.29) is 24.3 Å². The minimum Gasteiger partial charge on any atom is -0.465 e. The van der Waals surface area contributed by atoms with Crippen molar-refractivity contribution in [3.63, 3.8) is 0 Å². The first-order valence-electron chi connectivity index (χ1n) is 18.6. The molecule has 8 heterocycles. The van der Waals surface area contributed by atoms with Crippen LogP contribution in [-0.4, -0.2) is 31.5 Å². The molecule has 0 radical (unpaired) electrons. The van der Waals surface area contributed by atoms with Gasteiger partial charge in [-0.1, -0.05) is 12.1 Å². The lowest BCUT2D eigenvalue weighted by molar-refractivity contribution is -0.705. The zero-order chi connectivity index (χ0) is 38.2. The number of pyridine rings is 2. The van der Waals surface area contributed by atoms with Crippen LogP contribution in [-0.2, 0) is 22.4 Å². The highest BCUT2D eigenvalue weighted by molar-refractivity contribution is 5.75. The summed E-state index contributed by atoms with van der Waals surface area (Å²) in [5.74, 6) is 2.56. The van der Waals surface area contributed by atoms with Crippen molar-refractivity contribution in [1.29, 1.82) is 0 Å². The van der Waals surface area contributed by atoms with Gasteiger partial charge in [0.05, 0.1) is 11.9 Å². The van der Waals surface area contributed by atoms with Crippen molar-refractivity contribution in [2.45, 2.75) is 86.8 Å². The third-order valence-electron chi connectivity index (χ3n) is 11.6. The van der Waals surface area contributed by atoms with E-state index < -0.39 is 24.2 Å². The van der Waals surface area contributed by atoms with E-state index in [2.05, 4.69) is 55.9 Å². The molecular weight excluding hydrogens is 703 g/mol. The highest BCUT2D eigenvalue weighted by Gasteiger charge is 2.48. The Hall–Kier alpha value is -5.88. The second-order valence-corrected chi connectivity index (χ2v) is 15.2. The van der Waals surface area contributed by atoms with Crippen molar-refractivity contribution >= 4 is 0 Å². The molecular formula is C43H40F2N6O4+2. The Morgan fingerprint density at radius 3 is 1.98 bits per heavy atom. The number of allylic oxidation sites excluding steroid dienone is 1. The highest BCUT2D eigenvalue weighted by atomic mass is 19.1. The molecule has 10 nitrogen and oxygen atoms in total. The van der Waals surface area contributed by atoms with Crippen LogP contribution < -0.4 is 18.6 Å². The summed E-state index contributed by atoms with van der Waals surface area (Å²) in [6.07, 6.45) is 1.51. The van der Waals surface area contributed by atoms with E-state index in [1.54, 1.807) is 0 Å². The molecule has 3 unspecified atom stereocenters. The van der Waals surface area contributed by atoms with Gasteiger partial charge in [-0.05, 0) is 80.8 Å². The summed E-state index contributed by atoms with van der Waals surface area (Å²) in [6.45, 7) is 16.5. The standard InChI is InChI=1S/C43H40F2N6O4/c1-20-9-11-30-33(13-20)54-40-38(42-48(24(5)25(6)49(30)42)19-37-52-22(3)15-23(4)53-37)28(17-35(44)46-40)16-32-29-18-36(45)47-41-39(29)43-50(26(7)27(8)51(32)43)31-12-10-21(2)14-34(31)55-41/h9-15,17-18,22,32,37H,16,19H2,1-8H3/q+2. The Bertz CT molecular complexity index is 2710. The second-order valence-electron chi connectivity index (χ2n) is 15.2. The van der Waals surface area contributed by atoms with Crippen LogP contribution in [0.2, 0.25) is 0 Å². The summed E-state index contributed by atoms with van der Waals surface area (Å²) in [7, 11) is 0. The van der Waals surface area contributed by atoms with Gasteiger partial charge in [-0.15, -0.1) is 0 Å². The van der Waals surface area contributed by atoms with E-state index in [0.717, 1.165) is 62.7 Å². The number of nitrogens with zero attached hydrogens (tertiary/aromatic N) is 6. The number of rotatable bonds is 4. The van der Waals surface area contributed by atoms with Crippen LogP contribution in [0.4, 0.5) is 8.78 Å². The average Bonchev–Trinajstić information content (AvgIpc) is 3.54. The van der Waals surface area contributed by atoms with Crippen LogP contribution in [0.25, 0.3) is 34.2 Å². The molecule has 6 aromatic rings. The quantitative estimate of drug-likeness (QED) is 0.134. The summed E-state index contributed by atoms with van der Waals surface area (Å²) < 4.78 is 65.9. The van der Waals surface area contributed by atoms with Gasteiger partial charge in [0.1, 0.15) is 39.9 Å². The van der Waals surface area contributed by atoms with Gasteiger partial charge in [0.2, 0.25) is 29.9 Å². The average molecular weight is 743 g/mol. The third-order valence-corrected chi connectivity index (χ3v) is 11.6. The summed E-state index contributed by atoms with van der Waals surface area (Å²) >= 11 is 0. The molecule has 3 atom stereocenters. The Morgan fingerprint density at radius 2 is 1.33 bits per heavy atom. The van der Waals surface area contributed by atoms with Crippen molar-refractivity contribution in [2.75, 3.05) is 0 Å². The molecule has 278 valence electrons. The van der Waals surface area contributed by atoms with E-state index >= 15 is 8.78 Å². The lowest BCUT2D eigenvalue weighted by Gasteiger charge is -2.26. The Labute approximate surface area is 316 Å². The number of aryl methyl sites for hydroxylation is 2. The number of hydrogen-bond acceptors (Lipinski definition) is 6. The molecule has 0 fully saturated rings. The maximum Gasteiger partial charge on any atom is 0.301 e. The molecule has 0 spiro atoms. The minimum atomic E-state index is -0.680.